The summed E-state index contributed by atoms with van der Waals surface area (Å²) in [5, 5.41) is 103. The van der Waals surface area contributed by atoms with Crippen LogP contribution in [0.1, 0.15) is 94.2 Å². The molecule has 3 aliphatic rings. The molecule has 1 aromatic heterocycles. The smallest absolute Gasteiger partial charge is 0.446 e. The van der Waals surface area contributed by atoms with E-state index < -0.39 is 205 Å². The fraction of sp³-hybridized carbons (Fsp3) is 0.491. The van der Waals surface area contributed by atoms with E-state index in [0.29, 0.717) is 45.9 Å². The first-order valence-corrected chi connectivity index (χ1v) is 29.6. The number of rotatable bonds is 18. The second kappa shape index (κ2) is 29.2. The maximum Gasteiger partial charge on any atom is 0.446 e. The van der Waals surface area contributed by atoms with Crippen molar-refractivity contribution in [3.05, 3.63) is 83.9 Å². The van der Waals surface area contributed by atoms with Gasteiger partial charge in [-0.3, -0.25) is 42.9 Å². The van der Waals surface area contributed by atoms with Crippen molar-refractivity contribution in [2.75, 3.05) is 19.7 Å². The molecule has 31 heteroatoms. The van der Waals surface area contributed by atoms with E-state index in [1.54, 1.807) is 18.2 Å². The minimum absolute atomic E-state index is 0.0178. The van der Waals surface area contributed by atoms with Gasteiger partial charge in [0.2, 0.25) is 35.4 Å². The lowest BCUT2D eigenvalue weighted by Gasteiger charge is -2.34. The molecule has 7 amide bonds. The molecule has 478 valence electrons. The number of carbonyl (C=O) groups excluding carboxylic acids is 8. The van der Waals surface area contributed by atoms with E-state index in [1.165, 1.54) is 19.1 Å². The number of phenolic OH excluding ortho intramolecular Hbond substituents is 1. The Labute approximate surface area is 503 Å². The van der Waals surface area contributed by atoms with Gasteiger partial charge in [-0.2, -0.15) is 8.42 Å². The molecule has 0 aliphatic carbocycles. The molecule has 30 nitrogen and oxygen atoms in total. The lowest BCUT2D eigenvalue weighted by molar-refractivity contribution is -0.150. The van der Waals surface area contributed by atoms with Crippen LogP contribution in [0.4, 0.5) is 0 Å². The number of ketones is 1. The summed E-state index contributed by atoms with van der Waals surface area (Å²) in [4.78, 5) is 115. The van der Waals surface area contributed by atoms with Crippen molar-refractivity contribution in [1.29, 1.82) is 0 Å². The Bertz CT molecular complexity index is 3290. The molecule has 0 radical (unpaired) electrons. The molecule has 4 aromatic rings. The highest BCUT2D eigenvalue weighted by Gasteiger charge is 2.50. The zero-order valence-electron chi connectivity index (χ0n) is 47.9. The van der Waals surface area contributed by atoms with Crippen LogP contribution in [0, 0.1) is 11.8 Å². The third-order valence-corrected chi connectivity index (χ3v) is 15.8. The van der Waals surface area contributed by atoms with Gasteiger partial charge in [0.15, 0.2) is 23.0 Å². The topological polar surface area (TPSA) is 478 Å². The van der Waals surface area contributed by atoms with Crippen LogP contribution in [-0.2, 0) is 44.0 Å². The number of hydrogen-bond donors (Lipinski definition) is 14. The first-order valence-electron chi connectivity index (χ1n) is 28.3. The molecule has 15 N–H and O–H groups in total. The maximum absolute atomic E-state index is 14.7. The molecule has 7 rings (SSSR count). The molecule has 0 spiro atoms. The van der Waals surface area contributed by atoms with E-state index in [-0.39, 0.29) is 5.56 Å². The summed E-state index contributed by atoms with van der Waals surface area (Å²) in [6, 6.07) is 7.14. The van der Waals surface area contributed by atoms with Gasteiger partial charge in [0.05, 0.1) is 43.4 Å². The van der Waals surface area contributed by atoms with E-state index in [4.69, 9.17) is 15.0 Å². The number of aliphatic hydroxyl groups is 7. The molecular formula is C57H72N8O22S. The number of amides is 7. The Morgan fingerprint density at radius 2 is 1.50 bits per heavy atom. The van der Waals surface area contributed by atoms with Crippen molar-refractivity contribution < 1.29 is 106 Å². The number of aliphatic hydroxyl groups excluding tert-OH is 7. The second-order valence-electron chi connectivity index (χ2n) is 22.1. The number of hydrogen-bond acceptors (Lipinski definition) is 22. The monoisotopic (exact) mass is 1250 g/mol. The average molecular weight is 1250 g/mol. The fourth-order valence-electron chi connectivity index (χ4n) is 10.6. The van der Waals surface area contributed by atoms with Gasteiger partial charge in [0, 0.05) is 54.6 Å². The molecule has 3 fully saturated rings. The molecule has 0 saturated carbocycles. The average Bonchev–Trinajstić information content (AvgIpc) is 2.88. The maximum atomic E-state index is 14.7. The first-order chi connectivity index (χ1) is 41.5. The van der Waals surface area contributed by atoms with Gasteiger partial charge in [0.1, 0.15) is 60.1 Å². The van der Waals surface area contributed by atoms with Gasteiger partial charge in [-0.05, 0) is 80.3 Å². The molecule has 3 aromatic carbocycles. The van der Waals surface area contributed by atoms with Gasteiger partial charge in [-0.15, -0.1) is 0 Å². The third-order valence-electron chi connectivity index (χ3n) is 15.4. The van der Waals surface area contributed by atoms with E-state index in [0.717, 1.165) is 43.2 Å². The van der Waals surface area contributed by atoms with Crippen molar-refractivity contribution in [2.45, 2.75) is 145 Å². The molecule has 0 bridgehead atoms. The number of aromatic nitrogens is 1. The van der Waals surface area contributed by atoms with Crippen molar-refractivity contribution in [3.63, 3.8) is 0 Å². The molecule has 3 saturated heterocycles. The first kappa shape index (κ1) is 67.4. The number of primary amides is 1. The summed E-state index contributed by atoms with van der Waals surface area (Å²) in [7, 11) is -5.33. The quantitative estimate of drug-likeness (QED) is 0.0387. The summed E-state index contributed by atoms with van der Waals surface area (Å²) in [5.74, 6) is -13.6. The highest BCUT2D eigenvalue weighted by atomic mass is 32.3. The number of aromatic hydroxyl groups is 1. The lowest BCUT2D eigenvalue weighted by Crippen LogP contribution is -2.61. The lowest BCUT2D eigenvalue weighted by atomic mass is 9.86. The standard InChI is InChI=1S/C57H72N8O22S/c1-4-5-6-19-85-34-14-11-30(12-15-34)42-23-37(63-86-42)29-7-9-31(10-8-29)52(76)59-36-16-18-45(72)60-55(79)48-49(73)27(2)25-65(48)56(80)35(40(69)24-44(58)71)22-41(70)47(51(75)50(74)32-13-17-39(68)43(20-32)87-88(82,83)84)62-54(78)38-21-33(67)26-64(38)57(81)46(28(3)66)61-53(36)77/h7-15,17,20,23,27-28,33,35-36,38,40,45-51,66-69,72-75H,4-6,16,18-19,21-22,24-26H2,1-3H3,(H2,58,71)(H,59,76)(H,60,79)(H,61,77)(H,62,78)(H,82,83,84). The number of nitrogens with zero attached hydrogens (tertiary/aromatic N) is 3. The Kier molecular flexibility index (Phi) is 22.4. The van der Waals surface area contributed by atoms with Crippen LogP contribution < -0.4 is 35.9 Å². The van der Waals surface area contributed by atoms with Crippen LogP contribution >= 0.6 is 0 Å². The van der Waals surface area contributed by atoms with Crippen LogP contribution in [0.2, 0.25) is 0 Å². The molecule has 14 atom stereocenters. The fourth-order valence-corrected chi connectivity index (χ4v) is 11.0. The summed E-state index contributed by atoms with van der Waals surface area (Å²) in [6.07, 6.45) is -15.2. The van der Waals surface area contributed by atoms with Crippen molar-refractivity contribution in [3.8, 4) is 39.8 Å². The zero-order chi connectivity index (χ0) is 64.5. The number of Topliss-reactive ketones (excluding diaryl/α,β-unsaturated/α-hetero) is 1. The Hall–Kier alpha value is -8.14. The second-order valence-corrected chi connectivity index (χ2v) is 23.1. The number of benzene rings is 3. The van der Waals surface area contributed by atoms with Crippen molar-refractivity contribution in [1.82, 2.24) is 36.2 Å². The van der Waals surface area contributed by atoms with Gasteiger partial charge in [0.25, 0.3) is 5.91 Å². The van der Waals surface area contributed by atoms with Gasteiger partial charge in [-0.1, -0.05) is 50.0 Å². The van der Waals surface area contributed by atoms with Crippen molar-refractivity contribution in [2.24, 2.45) is 17.6 Å². The molecule has 3 aliphatic heterocycles. The minimum atomic E-state index is -5.33. The highest BCUT2D eigenvalue weighted by Crippen LogP contribution is 2.35. The van der Waals surface area contributed by atoms with Gasteiger partial charge < -0.3 is 91.1 Å². The minimum Gasteiger partial charge on any atom is -0.504 e. The Morgan fingerprint density at radius 3 is 2.15 bits per heavy atom. The third kappa shape index (κ3) is 16.7. The summed E-state index contributed by atoms with van der Waals surface area (Å²) in [5.41, 5.74) is 6.45. The summed E-state index contributed by atoms with van der Waals surface area (Å²) < 4.78 is 48.2. The van der Waals surface area contributed by atoms with Crippen LogP contribution in [0.15, 0.2) is 77.3 Å². The number of ether oxygens (including phenoxy) is 1. The summed E-state index contributed by atoms with van der Waals surface area (Å²) in [6.45, 7) is 4.05. The van der Waals surface area contributed by atoms with Crippen molar-refractivity contribution >= 4 is 57.5 Å². The van der Waals surface area contributed by atoms with E-state index in [1.807, 2.05) is 24.3 Å². The molecule has 88 heavy (non-hydrogen) atoms. The Morgan fingerprint density at radius 1 is 0.830 bits per heavy atom. The highest BCUT2D eigenvalue weighted by molar-refractivity contribution is 7.81. The number of phenols is 1. The van der Waals surface area contributed by atoms with E-state index >= 15 is 0 Å². The normalized spacial score (nSPS) is 25.9. The predicted octanol–water partition coefficient (Wildman–Crippen LogP) is -1.78. The van der Waals surface area contributed by atoms with Crippen LogP contribution in [0.5, 0.6) is 17.2 Å². The Balaban J connectivity index is 1.21. The van der Waals surface area contributed by atoms with Crippen LogP contribution in [0.25, 0.3) is 22.6 Å². The number of unbranched alkanes of at least 4 members (excludes halogenated alkanes) is 2. The molecule has 4 heterocycles. The number of nitrogens with one attached hydrogen (secondary N) is 4. The largest absolute Gasteiger partial charge is 0.504 e. The van der Waals surface area contributed by atoms with E-state index in [9.17, 15) is 92.2 Å². The molecular weight excluding hydrogens is 1180 g/mol. The van der Waals surface area contributed by atoms with Crippen LogP contribution in [0.3, 0.4) is 0 Å². The van der Waals surface area contributed by atoms with Crippen LogP contribution in [-0.4, -0.2) is 203 Å². The number of fused-ring (bicyclic) bond motifs is 2. The molecule has 14 unspecified atom stereocenters. The zero-order valence-corrected chi connectivity index (χ0v) is 48.8. The number of carbonyl (C=O) groups is 8. The van der Waals surface area contributed by atoms with E-state index in [2.05, 4.69) is 37.5 Å². The summed E-state index contributed by atoms with van der Waals surface area (Å²) >= 11 is 0. The number of nitrogens with two attached hydrogens (primary N) is 1. The van der Waals surface area contributed by atoms with Gasteiger partial charge >= 0.3 is 10.4 Å². The predicted molar refractivity (Wildman–Crippen MR) is 304 cm³/mol. The SMILES string of the molecule is CCCCCOc1ccc(-c2cc(-c3ccc(C(=O)NC4CCC(O)NC(=O)C5C(O)C(C)CN5C(=O)C(C(O)CC(N)=O)CC(=O)C(C(O)C(O)c5ccc(O)c(OS(=O)(=O)O)c5)NC(=O)C5CC(O)CN5C(=O)C(C(C)O)NC4=O)cc3)no2)cc1. The van der Waals surface area contributed by atoms with Gasteiger partial charge in [-0.25, -0.2) is 0 Å².